The molecule has 1 saturated carbocycles. The zero-order valence-electron chi connectivity index (χ0n) is 11.3. The van der Waals surface area contributed by atoms with Gasteiger partial charge in [0.15, 0.2) is 0 Å². The maximum absolute atomic E-state index is 12.0. The molecule has 0 bridgehead atoms. The lowest BCUT2D eigenvalue weighted by Gasteiger charge is -2.36. The number of carbonyl (C=O) groups is 2. The Morgan fingerprint density at radius 1 is 1.33 bits per heavy atom. The number of aliphatic hydroxyl groups is 1. The Labute approximate surface area is 108 Å². The first-order valence-electron chi connectivity index (χ1n) is 6.60. The van der Waals surface area contributed by atoms with Crippen LogP contribution in [0.1, 0.15) is 46.5 Å². The number of nitrogens with one attached hydrogen (secondary N) is 1. The van der Waals surface area contributed by atoms with E-state index in [1.165, 1.54) is 0 Å². The summed E-state index contributed by atoms with van der Waals surface area (Å²) in [4.78, 5) is 25.0. The molecule has 2 fully saturated rings. The highest BCUT2D eigenvalue weighted by Gasteiger charge is 2.47. The molecule has 0 aromatic heterocycles. The largest absolute Gasteiger partial charge is 0.388 e. The van der Waals surface area contributed by atoms with E-state index in [9.17, 15) is 14.7 Å². The fraction of sp³-hybridized carbons (Fsp3) is 0.846. The number of hydrogen-bond acceptors (Lipinski definition) is 3. The Morgan fingerprint density at radius 2 is 1.89 bits per heavy atom. The van der Waals surface area contributed by atoms with Crippen LogP contribution in [0.3, 0.4) is 0 Å². The minimum Gasteiger partial charge on any atom is -0.388 e. The maximum Gasteiger partial charge on any atom is 0.325 e. The van der Waals surface area contributed by atoms with Crippen molar-refractivity contribution in [3.8, 4) is 0 Å². The second kappa shape index (κ2) is 4.23. The van der Waals surface area contributed by atoms with E-state index in [0.717, 1.165) is 17.7 Å². The molecule has 0 spiro atoms. The van der Waals surface area contributed by atoms with Gasteiger partial charge in [-0.2, -0.15) is 0 Å². The minimum absolute atomic E-state index is 0.119. The Morgan fingerprint density at radius 3 is 2.33 bits per heavy atom. The quantitative estimate of drug-likeness (QED) is 0.729. The molecule has 0 unspecified atom stereocenters. The molecule has 2 rings (SSSR count). The molecule has 3 amide bonds. The van der Waals surface area contributed by atoms with Gasteiger partial charge in [0.05, 0.1) is 12.1 Å². The first kappa shape index (κ1) is 13.3. The van der Waals surface area contributed by atoms with Crippen molar-refractivity contribution < 1.29 is 14.7 Å². The van der Waals surface area contributed by atoms with Crippen molar-refractivity contribution in [1.82, 2.24) is 10.2 Å². The van der Waals surface area contributed by atoms with Crippen molar-refractivity contribution in [2.75, 3.05) is 6.54 Å². The van der Waals surface area contributed by atoms with Crippen molar-refractivity contribution >= 4 is 11.9 Å². The van der Waals surface area contributed by atoms with Gasteiger partial charge in [0, 0.05) is 0 Å². The molecule has 2 N–H and O–H groups in total. The lowest BCUT2D eigenvalue weighted by atomic mass is 9.79. The van der Waals surface area contributed by atoms with Gasteiger partial charge in [0.2, 0.25) is 0 Å². The van der Waals surface area contributed by atoms with E-state index in [2.05, 4.69) is 12.2 Å². The van der Waals surface area contributed by atoms with Gasteiger partial charge in [-0.3, -0.25) is 9.69 Å². The van der Waals surface area contributed by atoms with Crippen LogP contribution < -0.4 is 5.32 Å². The zero-order chi connectivity index (χ0) is 13.6. The summed E-state index contributed by atoms with van der Waals surface area (Å²) in [7, 11) is 0. The summed E-state index contributed by atoms with van der Waals surface area (Å²) in [6.45, 7) is 5.64. The molecule has 18 heavy (non-hydrogen) atoms. The Balaban J connectivity index is 2.06. The fourth-order valence-electron chi connectivity index (χ4n) is 2.71. The topological polar surface area (TPSA) is 69.6 Å². The van der Waals surface area contributed by atoms with E-state index in [-0.39, 0.29) is 12.5 Å². The number of rotatable bonds is 2. The van der Waals surface area contributed by atoms with E-state index in [1.54, 1.807) is 13.8 Å². The standard InChI is InChI=1S/C13H22N2O3/c1-9-4-6-13(18,7-5-9)8-15-10(16)12(2,3)14-11(15)17/h9,18H,4-8H2,1-3H3,(H,14,17). The van der Waals surface area contributed by atoms with Crippen molar-refractivity contribution in [1.29, 1.82) is 0 Å². The van der Waals surface area contributed by atoms with Gasteiger partial charge < -0.3 is 10.4 Å². The van der Waals surface area contributed by atoms with Crippen molar-refractivity contribution in [3.63, 3.8) is 0 Å². The van der Waals surface area contributed by atoms with E-state index >= 15 is 0 Å². The highest BCUT2D eigenvalue weighted by atomic mass is 16.3. The highest BCUT2D eigenvalue weighted by Crippen LogP contribution is 2.33. The van der Waals surface area contributed by atoms with Crippen LogP contribution in [-0.4, -0.2) is 39.6 Å². The molecule has 0 aromatic carbocycles. The summed E-state index contributed by atoms with van der Waals surface area (Å²) >= 11 is 0. The molecule has 102 valence electrons. The molecule has 0 radical (unpaired) electrons. The summed E-state index contributed by atoms with van der Waals surface area (Å²) in [6.07, 6.45) is 3.21. The van der Waals surface area contributed by atoms with Crippen LogP contribution in [0.15, 0.2) is 0 Å². The van der Waals surface area contributed by atoms with E-state index in [1.807, 2.05) is 0 Å². The van der Waals surface area contributed by atoms with E-state index in [0.29, 0.717) is 18.8 Å². The summed E-state index contributed by atoms with van der Waals surface area (Å²) in [5.41, 5.74) is -1.75. The number of nitrogens with zero attached hydrogens (tertiary/aromatic N) is 1. The third-order valence-corrected chi connectivity index (χ3v) is 4.10. The third kappa shape index (κ3) is 2.36. The smallest absolute Gasteiger partial charge is 0.325 e. The van der Waals surface area contributed by atoms with Gasteiger partial charge in [-0.15, -0.1) is 0 Å². The van der Waals surface area contributed by atoms with Gasteiger partial charge in [0.1, 0.15) is 5.54 Å². The molecule has 5 nitrogen and oxygen atoms in total. The van der Waals surface area contributed by atoms with Crippen LogP contribution in [0.25, 0.3) is 0 Å². The molecule has 1 aliphatic heterocycles. The number of β-amino-alcohol motifs (C(OH)–C–C–N with tert-alkyl or cyclic N) is 1. The van der Waals surface area contributed by atoms with Crippen molar-refractivity contribution in [3.05, 3.63) is 0 Å². The number of carbonyl (C=O) groups excluding carboxylic acids is 2. The van der Waals surface area contributed by atoms with Crippen LogP contribution in [0, 0.1) is 5.92 Å². The predicted octanol–water partition coefficient (Wildman–Crippen LogP) is 1.26. The number of imide groups is 1. The van der Waals surface area contributed by atoms with E-state index < -0.39 is 17.2 Å². The SMILES string of the molecule is CC1CCC(O)(CN2C(=O)NC(C)(C)C2=O)CC1. The Kier molecular flexibility index (Phi) is 3.13. The number of hydrogen-bond donors (Lipinski definition) is 2. The second-order valence-corrected chi connectivity index (χ2v) is 6.35. The number of urea groups is 1. The minimum atomic E-state index is -0.903. The van der Waals surface area contributed by atoms with Crippen molar-refractivity contribution in [2.24, 2.45) is 5.92 Å². The van der Waals surface area contributed by atoms with Crippen LogP contribution >= 0.6 is 0 Å². The number of amides is 3. The highest BCUT2D eigenvalue weighted by molar-refractivity contribution is 6.06. The van der Waals surface area contributed by atoms with Gasteiger partial charge in [-0.25, -0.2) is 4.79 Å². The molecular weight excluding hydrogens is 232 g/mol. The van der Waals surface area contributed by atoms with Gasteiger partial charge >= 0.3 is 6.03 Å². The molecule has 2 aliphatic rings. The molecule has 1 saturated heterocycles. The second-order valence-electron chi connectivity index (χ2n) is 6.35. The third-order valence-electron chi connectivity index (χ3n) is 4.10. The summed E-state index contributed by atoms with van der Waals surface area (Å²) < 4.78 is 0. The molecule has 0 atom stereocenters. The van der Waals surface area contributed by atoms with Gasteiger partial charge in [-0.1, -0.05) is 6.92 Å². The average Bonchev–Trinajstić information content (AvgIpc) is 2.46. The van der Waals surface area contributed by atoms with Crippen LogP contribution in [0.5, 0.6) is 0 Å². The molecule has 0 aromatic rings. The van der Waals surface area contributed by atoms with Crippen LogP contribution in [0.4, 0.5) is 4.79 Å². The van der Waals surface area contributed by atoms with Crippen LogP contribution in [0.2, 0.25) is 0 Å². The first-order chi connectivity index (χ1) is 8.23. The summed E-state index contributed by atoms with van der Waals surface area (Å²) in [5, 5.41) is 13.1. The molecule has 1 heterocycles. The Hall–Kier alpha value is -1.10. The molecule has 1 aliphatic carbocycles. The summed E-state index contributed by atoms with van der Waals surface area (Å²) in [6, 6.07) is -0.392. The maximum atomic E-state index is 12.0. The predicted molar refractivity (Wildman–Crippen MR) is 66.9 cm³/mol. The van der Waals surface area contributed by atoms with Gasteiger partial charge in [0.25, 0.3) is 5.91 Å². The van der Waals surface area contributed by atoms with Gasteiger partial charge in [-0.05, 0) is 45.4 Å². The average molecular weight is 254 g/mol. The normalized spacial score (nSPS) is 35.8. The lowest BCUT2D eigenvalue weighted by molar-refractivity contribution is -0.133. The fourth-order valence-corrected chi connectivity index (χ4v) is 2.71. The molecule has 5 heteroatoms. The van der Waals surface area contributed by atoms with Crippen molar-refractivity contribution in [2.45, 2.75) is 57.6 Å². The van der Waals surface area contributed by atoms with E-state index in [4.69, 9.17) is 0 Å². The Bertz CT molecular complexity index is 370. The molecular formula is C13H22N2O3. The first-order valence-corrected chi connectivity index (χ1v) is 6.60. The monoisotopic (exact) mass is 254 g/mol. The summed E-state index contributed by atoms with van der Waals surface area (Å²) in [5.74, 6) is 0.365. The zero-order valence-corrected chi connectivity index (χ0v) is 11.3. The lowest BCUT2D eigenvalue weighted by Crippen LogP contribution is -2.48. The van der Waals surface area contributed by atoms with Crippen LogP contribution in [-0.2, 0) is 4.79 Å².